The quantitative estimate of drug-likeness (QED) is 0.563. The van der Waals surface area contributed by atoms with E-state index in [1.54, 1.807) is 0 Å². The molecule has 0 aromatic heterocycles. The molecule has 0 amide bonds. The molecule has 0 spiro atoms. The Morgan fingerprint density at radius 1 is 1.50 bits per heavy atom. The summed E-state index contributed by atoms with van der Waals surface area (Å²) < 4.78 is 0. The predicted octanol–water partition coefficient (Wildman–Crippen LogP) is 1.77. The fourth-order valence-corrected chi connectivity index (χ4v) is 0.306. The Balaban J connectivity index is 0. The summed E-state index contributed by atoms with van der Waals surface area (Å²) in [6, 6.07) is 0. The van der Waals surface area contributed by atoms with Crippen LogP contribution < -0.4 is 4.98 Å². The SMILES string of the molecule is C.C=C[Si](C)(C)NC. The Bertz CT molecular complexity index is 68.9. The van der Waals surface area contributed by atoms with E-state index in [0.29, 0.717) is 0 Å². The van der Waals surface area contributed by atoms with E-state index in [1.807, 2.05) is 12.7 Å². The molecule has 0 aromatic carbocycles. The van der Waals surface area contributed by atoms with Gasteiger partial charge in [0, 0.05) is 0 Å². The molecule has 2 heteroatoms. The molecule has 0 saturated heterocycles. The summed E-state index contributed by atoms with van der Waals surface area (Å²) >= 11 is 0. The van der Waals surface area contributed by atoms with Crippen molar-refractivity contribution < 1.29 is 0 Å². The molecular formula is C6H17NSi. The van der Waals surface area contributed by atoms with Crippen molar-refractivity contribution in [2.75, 3.05) is 7.05 Å². The molecule has 0 aliphatic carbocycles. The first-order chi connectivity index (χ1) is 3.12. The molecular weight excluding hydrogens is 114 g/mol. The van der Waals surface area contributed by atoms with Gasteiger partial charge >= 0.3 is 0 Å². The molecule has 50 valence electrons. The summed E-state index contributed by atoms with van der Waals surface area (Å²) in [4.78, 5) is 3.21. The number of hydrogen-bond donors (Lipinski definition) is 1. The highest BCUT2D eigenvalue weighted by Crippen LogP contribution is 1.93. The average Bonchev–Trinajstić information content (AvgIpc) is 1.68. The van der Waals surface area contributed by atoms with E-state index in [4.69, 9.17) is 0 Å². The molecule has 1 nitrogen and oxygen atoms in total. The van der Waals surface area contributed by atoms with Crippen LogP contribution in [0.3, 0.4) is 0 Å². The molecule has 0 aliphatic heterocycles. The molecule has 1 N–H and O–H groups in total. The zero-order chi connectivity index (χ0) is 5.91. The molecule has 0 aromatic rings. The first kappa shape index (κ1) is 10.8. The first-order valence-corrected chi connectivity index (χ1v) is 5.52. The van der Waals surface area contributed by atoms with Gasteiger partial charge in [-0.25, -0.2) is 0 Å². The summed E-state index contributed by atoms with van der Waals surface area (Å²) in [5.41, 5.74) is 2.02. The fourth-order valence-electron chi connectivity index (χ4n) is 0.102. The Labute approximate surface area is 53.9 Å². The normalized spacial score (nSPS) is 9.88. The van der Waals surface area contributed by atoms with Crippen LogP contribution in [0.25, 0.3) is 0 Å². The van der Waals surface area contributed by atoms with Crippen molar-refractivity contribution in [1.29, 1.82) is 0 Å². The van der Waals surface area contributed by atoms with Gasteiger partial charge in [0.1, 0.15) is 8.24 Å². The molecule has 0 unspecified atom stereocenters. The van der Waals surface area contributed by atoms with E-state index >= 15 is 0 Å². The van der Waals surface area contributed by atoms with Crippen LogP contribution in [-0.2, 0) is 0 Å². The van der Waals surface area contributed by atoms with Crippen LogP contribution in [0.15, 0.2) is 12.3 Å². The lowest BCUT2D eigenvalue weighted by molar-refractivity contribution is 1.18. The van der Waals surface area contributed by atoms with E-state index in [-0.39, 0.29) is 7.43 Å². The monoisotopic (exact) mass is 131 g/mol. The third kappa shape index (κ3) is 4.09. The maximum absolute atomic E-state index is 3.70. The largest absolute Gasteiger partial charge is 0.337 e. The van der Waals surface area contributed by atoms with Gasteiger partial charge in [-0.15, -0.1) is 6.58 Å². The van der Waals surface area contributed by atoms with Crippen molar-refractivity contribution in [2.24, 2.45) is 0 Å². The highest BCUT2D eigenvalue weighted by atomic mass is 28.3. The highest BCUT2D eigenvalue weighted by Gasteiger charge is 2.10. The lowest BCUT2D eigenvalue weighted by Gasteiger charge is -2.13. The van der Waals surface area contributed by atoms with E-state index in [1.165, 1.54) is 0 Å². The van der Waals surface area contributed by atoms with Gasteiger partial charge in [0.25, 0.3) is 0 Å². The summed E-state index contributed by atoms with van der Waals surface area (Å²) in [5.74, 6) is 0. The topological polar surface area (TPSA) is 12.0 Å². The van der Waals surface area contributed by atoms with Gasteiger partial charge in [0.2, 0.25) is 0 Å². The van der Waals surface area contributed by atoms with Gasteiger partial charge in [-0.1, -0.05) is 26.2 Å². The maximum atomic E-state index is 3.70. The molecule has 0 aliphatic rings. The second-order valence-electron chi connectivity index (χ2n) is 2.18. The fraction of sp³-hybridized carbons (Fsp3) is 0.667. The van der Waals surface area contributed by atoms with E-state index in [9.17, 15) is 0 Å². The molecule has 0 saturated carbocycles. The van der Waals surface area contributed by atoms with Gasteiger partial charge in [-0.3, -0.25) is 0 Å². The molecule has 0 bridgehead atoms. The zero-order valence-corrected chi connectivity index (χ0v) is 6.28. The lowest BCUT2D eigenvalue weighted by Crippen LogP contribution is -2.39. The number of hydrogen-bond acceptors (Lipinski definition) is 1. The van der Waals surface area contributed by atoms with Crippen LogP contribution in [0.5, 0.6) is 0 Å². The second-order valence-corrected chi connectivity index (χ2v) is 6.53. The average molecular weight is 131 g/mol. The van der Waals surface area contributed by atoms with Crippen molar-refractivity contribution in [3.8, 4) is 0 Å². The maximum Gasteiger partial charge on any atom is 0.143 e. The second kappa shape index (κ2) is 3.86. The minimum atomic E-state index is -1.14. The van der Waals surface area contributed by atoms with E-state index in [2.05, 4.69) is 24.7 Å². The molecule has 0 heterocycles. The van der Waals surface area contributed by atoms with Gasteiger partial charge in [-0.2, -0.15) is 0 Å². The Hall–Kier alpha value is -0.0831. The van der Waals surface area contributed by atoms with Crippen LogP contribution in [0.4, 0.5) is 0 Å². The van der Waals surface area contributed by atoms with Gasteiger partial charge in [0.05, 0.1) is 0 Å². The summed E-state index contributed by atoms with van der Waals surface area (Å²) in [6.07, 6.45) is 0. The van der Waals surface area contributed by atoms with Crippen LogP contribution in [0.2, 0.25) is 13.1 Å². The van der Waals surface area contributed by atoms with Crippen molar-refractivity contribution in [3.05, 3.63) is 12.3 Å². The van der Waals surface area contributed by atoms with Crippen LogP contribution in [0.1, 0.15) is 7.43 Å². The van der Waals surface area contributed by atoms with Crippen molar-refractivity contribution in [1.82, 2.24) is 4.98 Å². The van der Waals surface area contributed by atoms with Gasteiger partial charge in [-0.05, 0) is 7.05 Å². The van der Waals surface area contributed by atoms with Crippen molar-refractivity contribution in [3.63, 3.8) is 0 Å². The molecule has 8 heavy (non-hydrogen) atoms. The first-order valence-electron chi connectivity index (χ1n) is 2.45. The van der Waals surface area contributed by atoms with Gasteiger partial charge in [0.15, 0.2) is 0 Å². The molecule has 0 atom stereocenters. The number of rotatable bonds is 2. The van der Waals surface area contributed by atoms with Crippen LogP contribution >= 0.6 is 0 Å². The summed E-state index contributed by atoms with van der Waals surface area (Å²) in [6.45, 7) is 8.12. The van der Waals surface area contributed by atoms with Gasteiger partial charge < -0.3 is 4.98 Å². The lowest BCUT2D eigenvalue weighted by atomic mass is 11.3. The third-order valence-electron chi connectivity index (χ3n) is 1.15. The minimum absolute atomic E-state index is 0. The third-order valence-corrected chi connectivity index (χ3v) is 3.46. The number of nitrogens with one attached hydrogen (secondary N) is 1. The van der Waals surface area contributed by atoms with E-state index in [0.717, 1.165) is 0 Å². The van der Waals surface area contributed by atoms with E-state index < -0.39 is 8.24 Å². The zero-order valence-electron chi connectivity index (χ0n) is 5.28. The Morgan fingerprint density at radius 3 is 1.88 bits per heavy atom. The van der Waals surface area contributed by atoms with Crippen LogP contribution in [0, 0.1) is 0 Å². The summed E-state index contributed by atoms with van der Waals surface area (Å²) in [5, 5.41) is 0. The standard InChI is InChI=1S/C5H13NSi.CH4/c1-5-7(3,4)6-2;/h5-6H,1H2,2-4H3;1H4. The Morgan fingerprint density at radius 2 is 1.88 bits per heavy atom. The Kier molecular flexibility index (Phi) is 5.23. The van der Waals surface area contributed by atoms with Crippen LogP contribution in [-0.4, -0.2) is 15.3 Å². The molecule has 0 radical (unpaired) electrons. The highest BCUT2D eigenvalue weighted by molar-refractivity contribution is 6.79. The summed E-state index contributed by atoms with van der Waals surface area (Å²) in [7, 11) is 0.843. The molecule has 0 rings (SSSR count). The predicted molar refractivity (Wildman–Crippen MR) is 43.5 cm³/mol. The smallest absolute Gasteiger partial charge is 0.143 e. The van der Waals surface area contributed by atoms with Crippen molar-refractivity contribution in [2.45, 2.75) is 20.5 Å². The van der Waals surface area contributed by atoms with Crippen molar-refractivity contribution >= 4 is 8.24 Å². The molecule has 0 fully saturated rings. The minimum Gasteiger partial charge on any atom is -0.337 e.